The van der Waals surface area contributed by atoms with Gasteiger partial charge in [0.15, 0.2) is 17.2 Å². The van der Waals surface area contributed by atoms with Gasteiger partial charge in [0.05, 0.1) is 0 Å². The van der Waals surface area contributed by atoms with E-state index in [1.165, 1.54) is 20.5 Å². The number of likely N-dealkylation sites (tertiary alicyclic amines) is 1. The van der Waals surface area contributed by atoms with E-state index in [4.69, 9.17) is 5.73 Å². The highest BCUT2D eigenvalue weighted by molar-refractivity contribution is 7.08. The zero-order chi connectivity index (χ0) is 22.1. The maximum Gasteiger partial charge on any atom is 0.330 e. The van der Waals surface area contributed by atoms with Gasteiger partial charge in [-0.05, 0) is 44.1 Å². The average molecular weight is 443 g/mol. The fourth-order valence-electron chi connectivity index (χ4n) is 4.32. The molecular formula is C21H26N6O3S. The van der Waals surface area contributed by atoms with Crippen molar-refractivity contribution >= 4 is 34.3 Å². The number of fused-ring (bicyclic) bond motifs is 1. The van der Waals surface area contributed by atoms with Crippen LogP contribution < -0.4 is 11.4 Å². The largest absolute Gasteiger partial charge is 0.364 e. The van der Waals surface area contributed by atoms with Gasteiger partial charge in [-0.1, -0.05) is 6.92 Å². The SMILES string of the molecule is CCC1CCCCN1C(=O)Cn1c(=O)n(CC)c2nc(-c3ccsc3)nc(C(N)=O)c21. The molecule has 0 bridgehead atoms. The Balaban J connectivity index is 1.85. The Labute approximate surface area is 183 Å². The first-order chi connectivity index (χ1) is 15.0. The number of thiophene rings is 1. The van der Waals surface area contributed by atoms with Crippen molar-refractivity contribution in [1.82, 2.24) is 24.0 Å². The monoisotopic (exact) mass is 442 g/mol. The third-order valence-electron chi connectivity index (χ3n) is 5.89. The molecule has 10 heteroatoms. The Morgan fingerprint density at radius 3 is 2.68 bits per heavy atom. The second-order valence-electron chi connectivity index (χ2n) is 7.70. The van der Waals surface area contributed by atoms with Crippen LogP contribution in [0.25, 0.3) is 22.6 Å². The van der Waals surface area contributed by atoms with E-state index in [1.54, 1.807) is 0 Å². The van der Waals surface area contributed by atoms with Gasteiger partial charge in [0, 0.05) is 30.1 Å². The molecule has 0 spiro atoms. The molecule has 1 aliphatic heterocycles. The van der Waals surface area contributed by atoms with Gasteiger partial charge < -0.3 is 10.6 Å². The molecule has 0 aromatic carbocycles. The molecule has 164 valence electrons. The molecule has 2 N–H and O–H groups in total. The summed E-state index contributed by atoms with van der Waals surface area (Å²) in [6, 6.07) is 2.01. The second kappa shape index (κ2) is 8.62. The van der Waals surface area contributed by atoms with Crippen LogP contribution in [0.15, 0.2) is 21.6 Å². The minimum atomic E-state index is -0.761. The van der Waals surface area contributed by atoms with Crippen LogP contribution in [-0.2, 0) is 17.9 Å². The number of nitrogens with two attached hydrogens (primary N) is 1. The molecule has 2 amide bonds. The fourth-order valence-corrected chi connectivity index (χ4v) is 4.95. The molecule has 3 aromatic rings. The molecule has 0 radical (unpaired) electrons. The number of imidazole rings is 1. The lowest BCUT2D eigenvalue weighted by Crippen LogP contribution is -2.45. The van der Waals surface area contributed by atoms with Crippen LogP contribution in [0, 0.1) is 0 Å². The molecule has 1 aliphatic rings. The molecular weight excluding hydrogens is 416 g/mol. The van der Waals surface area contributed by atoms with Crippen LogP contribution in [0.2, 0.25) is 0 Å². The van der Waals surface area contributed by atoms with Gasteiger partial charge in [0.25, 0.3) is 5.91 Å². The number of rotatable bonds is 6. The van der Waals surface area contributed by atoms with E-state index in [0.717, 1.165) is 31.2 Å². The van der Waals surface area contributed by atoms with Gasteiger partial charge in [-0.15, -0.1) is 0 Å². The van der Waals surface area contributed by atoms with Crippen LogP contribution >= 0.6 is 11.3 Å². The second-order valence-corrected chi connectivity index (χ2v) is 8.48. The summed E-state index contributed by atoms with van der Waals surface area (Å²) in [5, 5.41) is 3.74. The highest BCUT2D eigenvalue weighted by Gasteiger charge is 2.29. The van der Waals surface area contributed by atoms with E-state index in [1.807, 2.05) is 28.7 Å². The summed E-state index contributed by atoms with van der Waals surface area (Å²) in [6.07, 6.45) is 3.89. The Kier molecular flexibility index (Phi) is 5.90. The number of hydrogen-bond acceptors (Lipinski definition) is 6. The lowest BCUT2D eigenvalue weighted by Gasteiger charge is -2.35. The smallest absolute Gasteiger partial charge is 0.330 e. The van der Waals surface area contributed by atoms with E-state index in [-0.39, 0.29) is 29.7 Å². The van der Waals surface area contributed by atoms with Gasteiger partial charge >= 0.3 is 5.69 Å². The number of amides is 2. The molecule has 0 saturated carbocycles. The van der Waals surface area contributed by atoms with Crippen molar-refractivity contribution in [3.05, 3.63) is 33.0 Å². The first kappa shape index (κ1) is 21.2. The molecule has 31 heavy (non-hydrogen) atoms. The van der Waals surface area contributed by atoms with Gasteiger partial charge in [0.2, 0.25) is 5.91 Å². The summed E-state index contributed by atoms with van der Waals surface area (Å²) in [7, 11) is 0. The average Bonchev–Trinajstić information content (AvgIpc) is 3.40. The zero-order valence-corrected chi connectivity index (χ0v) is 18.5. The van der Waals surface area contributed by atoms with Crippen LogP contribution in [0.5, 0.6) is 0 Å². The summed E-state index contributed by atoms with van der Waals surface area (Å²) in [6.45, 7) is 4.74. The molecule has 1 fully saturated rings. The number of piperidine rings is 1. The Hall–Kier alpha value is -3.01. The first-order valence-electron chi connectivity index (χ1n) is 10.6. The summed E-state index contributed by atoms with van der Waals surface area (Å²) in [5.41, 5.74) is 6.48. The maximum absolute atomic E-state index is 13.2. The highest BCUT2D eigenvalue weighted by Crippen LogP contribution is 2.24. The number of aryl methyl sites for hydroxylation is 1. The maximum atomic E-state index is 13.2. The Bertz CT molecular complexity index is 1180. The summed E-state index contributed by atoms with van der Waals surface area (Å²) in [5.74, 6) is -0.570. The van der Waals surface area contributed by atoms with E-state index >= 15 is 0 Å². The number of nitrogens with zero attached hydrogens (tertiary/aromatic N) is 5. The van der Waals surface area contributed by atoms with Crippen molar-refractivity contribution in [3.63, 3.8) is 0 Å². The van der Waals surface area contributed by atoms with Crippen molar-refractivity contribution < 1.29 is 9.59 Å². The number of carbonyl (C=O) groups is 2. The number of primary amides is 1. The first-order valence-corrected chi connectivity index (χ1v) is 11.5. The number of carbonyl (C=O) groups excluding carboxylic acids is 2. The zero-order valence-electron chi connectivity index (χ0n) is 17.7. The summed E-state index contributed by atoms with van der Waals surface area (Å²) in [4.78, 5) is 49.5. The van der Waals surface area contributed by atoms with E-state index in [2.05, 4.69) is 16.9 Å². The number of aromatic nitrogens is 4. The molecule has 1 atom stereocenters. The van der Waals surface area contributed by atoms with Gasteiger partial charge in [-0.25, -0.2) is 14.8 Å². The van der Waals surface area contributed by atoms with E-state index < -0.39 is 11.6 Å². The van der Waals surface area contributed by atoms with E-state index in [9.17, 15) is 14.4 Å². The standard InChI is InChI=1S/C21H26N6O3S/c1-3-14-7-5-6-9-26(14)15(28)11-27-17-16(18(22)29)23-19(13-8-10-31-12-13)24-20(17)25(4-2)21(27)30/h8,10,12,14H,3-7,9,11H2,1-2H3,(H2,22,29). The third-order valence-corrected chi connectivity index (χ3v) is 6.58. The fraction of sp³-hybridized carbons (Fsp3) is 0.476. The number of hydrogen-bond donors (Lipinski definition) is 1. The minimum Gasteiger partial charge on any atom is -0.364 e. The lowest BCUT2D eigenvalue weighted by molar-refractivity contribution is -0.135. The van der Waals surface area contributed by atoms with Crippen molar-refractivity contribution in [2.45, 2.75) is 58.7 Å². The van der Waals surface area contributed by atoms with Crippen LogP contribution in [0.4, 0.5) is 0 Å². The molecule has 3 aromatic heterocycles. The van der Waals surface area contributed by atoms with Gasteiger partial charge in [0.1, 0.15) is 12.1 Å². The molecule has 4 heterocycles. The highest BCUT2D eigenvalue weighted by atomic mass is 32.1. The molecule has 9 nitrogen and oxygen atoms in total. The van der Waals surface area contributed by atoms with Crippen molar-refractivity contribution in [1.29, 1.82) is 0 Å². The predicted molar refractivity (Wildman–Crippen MR) is 119 cm³/mol. The van der Waals surface area contributed by atoms with Crippen LogP contribution in [0.3, 0.4) is 0 Å². The van der Waals surface area contributed by atoms with Crippen LogP contribution in [-0.4, -0.2) is 48.4 Å². The van der Waals surface area contributed by atoms with Gasteiger partial charge in [-0.2, -0.15) is 11.3 Å². The minimum absolute atomic E-state index is 0.0472. The topological polar surface area (TPSA) is 116 Å². The van der Waals surface area contributed by atoms with Crippen molar-refractivity contribution in [3.8, 4) is 11.4 Å². The molecule has 0 aliphatic carbocycles. The van der Waals surface area contributed by atoms with Crippen molar-refractivity contribution in [2.75, 3.05) is 6.54 Å². The molecule has 1 unspecified atom stereocenters. The van der Waals surface area contributed by atoms with Crippen LogP contribution in [0.1, 0.15) is 50.0 Å². The van der Waals surface area contributed by atoms with Gasteiger partial charge in [-0.3, -0.25) is 18.7 Å². The summed E-state index contributed by atoms with van der Waals surface area (Å²) >= 11 is 1.48. The Morgan fingerprint density at radius 2 is 2.03 bits per heavy atom. The Morgan fingerprint density at radius 1 is 1.23 bits per heavy atom. The molecule has 1 saturated heterocycles. The quantitative estimate of drug-likeness (QED) is 0.628. The predicted octanol–water partition coefficient (Wildman–Crippen LogP) is 2.23. The third kappa shape index (κ3) is 3.76. The van der Waals surface area contributed by atoms with E-state index in [0.29, 0.717) is 24.6 Å². The normalized spacial score (nSPS) is 16.7. The summed E-state index contributed by atoms with van der Waals surface area (Å²) < 4.78 is 2.76. The lowest BCUT2D eigenvalue weighted by atomic mass is 10.00. The molecule has 4 rings (SSSR count). The van der Waals surface area contributed by atoms with Crippen molar-refractivity contribution in [2.24, 2.45) is 5.73 Å².